The van der Waals surface area contributed by atoms with Gasteiger partial charge in [0, 0.05) is 23.8 Å². The monoisotopic (exact) mass is 388 g/mol. The lowest BCUT2D eigenvalue weighted by atomic mass is 9.98. The first-order valence-electron chi connectivity index (χ1n) is 8.01. The number of carbonyl (C=O) groups is 2. The van der Waals surface area contributed by atoms with E-state index in [1.165, 1.54) is 4.31 Å². The number of nitrogens with zero attached hydrogens (tertiary/aromatic N) is 1. The molecule has 1 heterocycles. The summed E-state index contributed by atoms with van der Waals surface area (Å²) in [5.41, 5.74) is 0.520. The van der Waals surface area contributed by atoms with Crippen molar-refractivity contribution in [3.63, 3.8) is 0 Å². The summed E-state index contributed by atoms with van der Waals surface area (Å²) in [4.78, 5) is 23.9. The number of benzene rings is 1. The third-order valence-electron chi connectivity index (χ3n) is 4.00. The van der Waals surface area contributed by atoms with Crippen molar-refractivity contribution >= 4 is 39.2 Å². The summed E-state index contributed by atoms with van der Waals surface area (Å²) in [5, 5.41) is 3.08. The van der Waals surface area contributed by atoms with Crippen molar-refractivity contribution in [1.29, 1.82) is 0 Å². The maximum absolute atomic E-state index is 12.0. The van der Waals surface area contributed by atoms with Crippen molar-refractivity contribution in [3.8, 4) is 0 Å². The summed E-state index contributed by atoms with van der Waals surface area (Å²) in [6.45, 7) is 1.79. The Balaban J connectivity index is 1.76. The highest BCUT2D eigenvalue weighted by molar-refractivity contribution is 7.89. The Labute approximate surface area is 152 Å². The van der Waals surface area contributed by atoms with E-state index in [2.05, 4.69) is 5.32 Å². The van der Waals surface area contributed by atoms with Crippen molar-refractivity contribution in [3.05, 3.63) is 29.3 Å². The fourth-order valence-corrected chi connectivity index (χ4v) is 3.89. The van der Waals surface area contributed by atoms with Gasteiger partial charge in [-0.1, -0.05) is 17.7 Å². The van der Waals surface area contributed by atoms with E-state index in [-0.39, 0.29) is 11.7 Å². The van der Waals surface area contributed by atoms with Crippen LogP contribution in [0.3, 0.4) is 0 Å². The molecule has 0 spiro atoms. The van der Waals surface area contributed by atoms with Crippen molar-refractivity contribution in [2.24, 2.45) is 5.92 Å². The molecule has 1 N–H and O–H groups in total. The third kappa shape index (κ3) is 5.69. The number of rotatable bonds is 6. The van der Waals surface area contributed by atoms with Crippen molar-refractivity contribution < 1.29 is 22.7 Å². The minimum atomic E-state index is -3.23. The van der Waals surface area contributed by atoms with Crippen LogP contribution in [0.25, 0.3) is 0 Å². The van der Waals surface area contributed by atoms with Crippen LogP contribution in [0.4, 0.5) is 5.69 Å². The van der Waals surface area contributed by atoms with Crippen LogP contribution in [0.5, 0.6) is 0 Å². The maximum atomic E-state index is 12.0. The van der Waals surface area contributed by atoms with Gasteiger partial charge < -0.3 is 10.1 Å². The van der Waals surface area contributed by atoms with Gasteiger partial charge in [0.15, 0.2) is 6.61 Å². The lowest BCUT2D eigenvalue weighted by Gasteiger charge is -2.29. The number of carbonyl (C=O) groups excluding carboxylic acids is 2. The van der Waals surface area contributed by atoms with Crippen molar-refractivity contribution in [2.45, 2.75) is 19.8 Å². The van der Waals surface area contributed by atoms with E-state index < -0.39 is 28.5 Å². The molecule has 0 unspecified atom stereocenters. The largest absolute Gasteiger partial charge is 0.455 e. The molecule has 1 amide bonds. The molecule has 25 heavy (non-hydrogen) atoms. The summed E-state index contributed by atoms with van der Waals surface area (Å²) in [7, 11) is -3.23. The number of amides is 1. The number of nitrogens with one attached hydrogen (secondary N) is 1. The molecule has 1 fully saturated rings. The molecule has 0 aliphatic carbocycles. The number of sulfonamides is 1. The second kappa shape index (κ2) is 8.64. The first-order valence-corrected chi connectivity index (χ1v) is 10.0. The molecule has 0 aromatic heterocycles. The molecule has 0 radical (unpaired) electrons. The zero-order valence-electron chi connectivity index (χ0n) is 13.9. The quantitative estimate of drug-likeness (QED) is 0.751. The number of anilines is 1. The Morgan fingerprint density at radius 2 is 2.00 bits per heavy atom. The Morgan fingerprint density at radius 1 is 1.32 bits per heavy atom. The Bertz CT molecular complexity index is 730. The van der Waals surface area contributed by atoms with Crippen LogP contribution in [-0.2, 0) is 24.3 Å². The molecule has 2 rings (SSSR count). The normalized spacial score (nSPS) is 16.4. The molecule has 9 heteroatoms. The lowest BCUT2D eigenvalue weighted by molar-refractivity contribution is -0.152. The second-order valence-electron chi connectivity index (χ2n) is 5.74. The highest BCUT2D eigenvalue weighted by Gasteiger charge is 2.31. The summed E-state index contributed by atoms with van der Waals surface area (Å²) in [6.07, 6.45) is 0.794. The Morgan fingerprint density at radius 3 is 2.60 bits per heavy atom. The zero-order chi connectivity index (χ0) is 18.4. The summed E-state index contributed by atoms with van der Waals surface area (Å²) in [5.74, 6) is -1.27. The van der Waals surface area contributed by atoms with Gasteiger partial charge in [0.25, 0.3) is 5.91 Å². The first-order chi connectivity index (χ1) is 11.8. The SMILES string of the molecule is CCS(=O)(=O)N1CCC(C(=O)OCC(=O)Nc2cccc(Cl)c2)CC1. The number of halogens is 1. The maximum Gasteiger partial charge on any atom is 0.309 e. The van der Waals surface area contributed by atoms with E-state index >= 15 is 0 Å². The van der Waals surface area contributed by atoms with Crippen molar-refractivity contribution in [2.75, 3.05) is 30.8 Å². The summed E-state index contributed by atoms with van der Waals surface area (Å²) >= 11 is 5.83. The Kier molecular flexibility index (Phi) is 6.80. The van der Waals surface area contributed by atoms with Gasteiger partial charge in [0.2, 0.25) is 10.0 Å². The molecule has 0 saturated carbocycles. The third-order valence-corrected chi connectivity index (χ3v) is 6.12. The van der Waals surface area contributed by atoms with Gasteiger partial charge >= 0.3 is 5.97 Å². The summed E-state index contributed by atoms with van der Waals surface area (Å²) in [6, 6.07) is 6.64. The lowest BCUT2D eigenvalue weighted by Crippen LogP contribution is -2.41. The zero-order valence-corrected chi connectivity index (χ0v) is 15.5. The number of piperidine rings is 1. The van der Waals surface area contributed by atoms with E-state index in [1.54, 1.807) is 31.2 Å². The molecular weight excluding hydrogens is 368 g/mol. The molecule has 1 aliphatic rings. The van der Waals surface area contributed by atoms with Crippen LogP contribution in [0.1, 0.15) is 19.8 Å². The molecular formula is C16H21ClN2O5S. The molecule has 1 aromatic rings. The van der Waals surface area contributed by atoms with Gasteiger partial charge in [-0.3, -0.25) is 9.59 Å². The van der Waals surface area contributed by atoms with Crippen LogP contribution in [0, 0.1) is 5.92 Å². The van der Waals surface area contributed by atoms with Crippen LogP contribution >= 0.6 is 11.6 Å². The fourth-order valence-electron chi connectivity index (χ4n) is 2.57. The number of esters is 1. The van der Waals surface area contributed by atoms with E-state index in [4.69, 9.17) is 16.3 Å². The molecule has 7 nitrogen and oxygen atoms in total. The van der Waals surface area contributed by atoms with Crippen LogP contribution < -0.4 is 5.32 Å². The van der Waals surface area contributed by atoms with Gasteiger partial charge in [-0.25, -0.2) is 12.7 Å². The topological polar surface area (TPSA) is 92.8 Å². The van der Waals surface area contributed by atoms with Gasteiger partial charge in [-0.2, -0.15) is 0 Å². The molecule has 0 atom stereocenters. The highest BCUT2D eigenvalue weighted by Crippen LogP contribution is 2.21. The predicted molar refractivity (Wildman–Crippen MR) is 94.8 cm³/mol. The van der Waals surface area contributed by atoms with Gasteiger partial charge in [0.05, 0.1) is 11.7 Å². The van der Waals surface area contributed by atoms with Crippen molar-refractivity contribution in [1.82, 2.24) is 4.31 Å². The van der Waals surface area contributed by atoms with Crippen LogP contribution in [-0.4, -0.2) is 50.0 Å². The van der Waals surface area contributed by atoms with E-state index in [1.807, 2.05) is 0 Å². The van der Waals surface area contributed by atoms with Gasteiger partial charge in [-0.05, 0) is 38.0 Å². The minimum Gasteiger partial charge on any atom is -0.455 e. The Hall–Kier alpha value is -1.64. The van der Waals surface area contributed by atoms with Gasteiger partial charge in [-0.15, -0.1) is 0 Å². The van der Waals surface area contributed by atoms with Gasteiger partial charge in [0.1, 0.15) is 0 Å². The minimum absolute atomic E-state index is 0.0474. The van der Waals surface area contributed by atoms with E-state index in [0.717, 1.165) is 0 Å². The van der Waals surface area contributed by atoms with E-state index in [9.17, 15) is 18.0 Å². The predicted octanol–water partition coefficient (Wildman–Crippen LogP) is 1.88. The smallest absolute Gasteiger partial charge is 0.309 e. The second-order valence-corrected chi connectivity index (χ2v) is 8.43. The standard InChI is InChI=1S/C16H21ClN2O5S/c1-2-25(22,23)19-8-6-12(7-9-19)16(21)24-11-15(20)18-14-5-3-4-13(17)10-14/h3-5,10,12H,2,6-9,11H2,1H3,(H,18,20). The van der Waals surface area contributed by atoms with Crippen LogP contribution in [0.15, 0.2) is 24.3 Å². The van der Waals surface area contributed by atoms with E-state index in [0.29, 0.717) is 36.6 Å². The van der Waals surface area contributed by atoms with Crippen LogP contribution in [0.2, 0.25) is 5.02 Å². The molecule has 0 bridgehead atoms. The number of hydrogen-bond donors (Lipinski definition) is 1. The molecule has 1 saturated heterocycles. The fraction of sp³-hybridized carbons (Fsp3) is 0.500. The summed E-state index contributed by atoms with van der Waals surface area (Å²) < 4.78 is 30.0. The average Bonchev–Trinajstić information content (AvgIpc) is 2.60. The first kappa shape index (κ1) is 19.7. The number of ether oxygens (including phenoxy) is 1. The molecule has 1 aliphatic heterocycles. The average molecular weight is 389 g/mol. The molecule has 1 aromatic carbocycles. The molecule has 138 valence electrons. The highest BCUT2D eigenvalue weighted by atomic mass is 35.5. The number of hydrogen-bond acceptors (Lipinski definition) is 5.